The Balaban J connectivity index is 1.59. The number of piperidine rings is 1. The monoisotopic (exact) mass is 446 g/mol. The maximum Gasteiger partial charge on any atom is 0.289 e. The molecule has 1 aliphatic heterocycles. The lowest BCUT2D eigenvalue weighted by molar-refractivity contribution is 0.0677. The number of carbonyl (C=O) groups is 1. The molecule has 0 saturated carbocycles. The van der Waals surface area contributed by atoms with E-state index in [1.54, 1.807) is 29.2 Å². The van der Waals surface area contributed by atoms with Crippen LogP contribution in [0.4, 0.5) is 0 Å². The average Bonchev–Trinajstić information content (AvgIpc) is 3.01. The van der Waals surface area contributed by atoms with Gasteiger partial charge in [-0.15, -0.1) is 0 Å². The molecule has 0 atom stereocenters. The van der Waals surface area contributed by atoms with Crippen molar-refractivity contribution in [3.63, 3.8) is 0 Å². The summed E-state index contributed by atoms with van der Waals surface area (Å²) in [5, 5.41) is 0.482. The summed E-state index contributed by atoms with van der Waals surface area (Å²) in [5.41, 5.74) is 0. The Labute approximate surface area is 159 Å². The third kappa shape index (κ3) is 4.44. The number of hydrogen-bond acceptors (Lipinski definition) is 4. The molecule has 1 amide bonds. The van der Waals surface area contributed by atoms with Crippen molar-refractivity contribution in [2.24, 2.45) is 0 Å². The number of rotatable bonds is 4. The molecule has 3 rings (SSSR count). The Bertz CT molecular complexity index is 859. The zero-order valence-electron chi connectivity index (χ0n) is 13.1. The highest BCUT2D eigenvalue weighted by molar-refractivity contribution is 9.10. The largest absolute Gasteiger partial charge is 0.444 e. The number of nitrogens with zero attached hydrogens (tertiary/aromatic N) is 1. The van der Waals surface area contributed by atoms with Gasteiger partial charge in [0.25, 0.3) is 5.91 Å². The van der Waals surface area contributed by atoms with Crippen molar-refractivity contribution in [3.05, 3.63) is 51.9 Å². The second-order valence-electron chi connectivity index (χ2n) is 5.75. The van der Waals surface area contributed by atoms with Gasteiger partial charge < -0.3 is 9.32 Å². The van der Waals surface area contributed by atoms with Crippen molar-refractivity contribution < 1.29 is 17.6 Å². The van der Waals surface area contributed by atoms with Crippen LogP contribution >= 0.6 is 27.5 Å². The molecule has 6 nitrogen and oxygen atoms in total. The number of hydrogen-bond donors (Lipinski definition) is 1. The normalized spacial score (nSPS) is 16.2. The molecule has 2 heterocycles. The van der Waals surface area contributed by atoms with Crippen LogP contribution in [0.5, 0.6) is 0 Å². The van der Waals surface area contributed by atoms with E-state index in [-0.39, 0.29) is 22.6 Å². The summed E-state index contributed by atoms with van der Waals surface area (Å²) >= 11 is 8.96. The zero-order valence-corrected chi connectivity index (χ0v) is 16.3. The fourth-order valence-corrected chi connectivity index (χ4v) is 4.42. The smallest absolute Gasteiger partial charge is 0.289 e. The maximum atomic E-state index is 12.4. The summed E-state index contributed by atoms with van der Waals surface area (Å²) in [5.74, 6) is 0.0804. The van der Waals surface area contributed by atoms with Crippen LogP contribution in [0.1, 0.15) is 23.4 Å². The van der Waals surface area contributed by atoms with E-state index in [1.165, 1.54) is 12.1 Å². The van der Waals surface area contributed by atoms with Crippen LogP contribution in [0.25, 0.3) is 0 Å². The van der Waals surface area contributed by atoms with E-state index in [1.807, 2.05) is 0 Å². The summed E-state index contributed by atoms with van der Waals surface area (Å²) in [6.07, 6.45) is 1.08. The van der Waals surface area contributed by atoms with Crippen LogP contribution in [-0.4, -0.2) is 38.4 Å². The van der Waals surface area contributed by atoms with Crippen LogP contribution in [0, 0.1) is 0 Å². The van der Waals surface area contributed by atoms with Crippen molar-refractivity contribution in [1.82, 2.24) is 9.62 Å². The van der Waals surface area contributed by atoms with Crippen LogP contribution in [0.2, 0.25) is 5.02 Å². The number of sulfonamides is 1. The first kappa shape index (κ1) is 18.4. The number of furan rings is 1. The Hall–Kier alpha value is -1.35. The molecule has 1 aromatic carbocycles. The highest BCUT2D eigenvalue weighted by Crippen LogP contribution is 2.20. The lowest BCUT2D eigenvalue weighted by Crippen LogP contribution is -2.46. The van der Waals surface area contributed by atoms with E-state index < -0.39 is 10.0 Å². The maximum absolute atomic E-state index is 12.4. The van der Waals surface area contributed by atoms with Gasteiger partial charge in [-0.2, -0.15) is 0 Å². The molecule has 0 radical (unpaired) electrons. The first-order chi connectivity index (χ1) is 11.8. The second-order valence-corrected chi connectivity index (χ2v) is 8.68. The number of carbonyl (C=O) groups excluding carboxylic acids is 1. The first-order valence-electron chi connectivity index (χ1n) is 7.68. The fraction of sp³-hybridized carbons (Fsp3) is 0.312. The Kier molecular flexibility index (Phi) is 5.52. The fourth-order valence-electron chi connectivity index (χ4n) is 2.69. The van der Waals surface area contributed by atoms with Gasteiger partial charge in [0.15, 0.2) is 10.4 Å². The molecule has 0 aliphatic carbocycles. The van der Waals surface area contributed by atoms with Gasteiger partial charge in [0.05, 0.1) is 4.90 Å². The summed E-state index contributed by atoms with van der Waals surface area (Å²) in [6, 6.07) is 9.09. The molecule has 0 spiro atoms. The summed E-state index contributed by atoms with van der Waals surface area (Å²) in [6.45, 7) is 0.927. The zero-order chi connectivity index (χ0) is 18.0. The number of benzene rings is 1. The van der Waals surface area contributed by atoms with Gasteiger partial charge in [-0.05, 0) is 65.2 Å². The molecular weight excluding hydrogens is 432 g/mol. The Morgan fingerprint density at radius 2 is 1.80 bits per heavy atom. The molecule has 1 aromatic heterocycles. The quantitative estimate of drug-likeness (QED) is 0.780. The van der Waals surface area contributed by atoms with Crippen LogP contribution in [0.15, 0.2) is 50.4 Å². The molecule has 0 unspecified atom stereocenters. The van der Waals surface area contributed by atoms with Crippen molar-refractivity contribution >= 4 is 43.5 Å². The first-order valence-corrected chi connectivity index (χ1v) is 10.3. The lowest BCUT2D eigenvalue weighted by atomic mass is 10.1. The van der Waals surface area contributed by atoms with Gasteiger partial charge in [0.2, 0.25) is 10.0 Å². The van der Waals surface area contributed by atoms with Gasteiger partial charge in [0, 0.05) is 24.2 Å². The molecule has 1 N–H and O–H groups in total. The van der Waals surface area contributed by atoms with Gasteiger partial charge in [-0.3, -0.25) is 4.79 Å². The Morgan fingerprint density at radius 3 is 2.36 bits per heavy atom. The van der Waals surface area contributed by atoms with Crippen molar-refractivity contribution in [3.8, 4) is 0 Å². The molecule has 2 aromatic rings. The summed E-state index contributed by atoms with van der Waals surface area (Å²) in [7, 11) is -3.60. The highest BCUT2D eigenvalue weighted by Gasteiger charge is 2.28. The van der Waals surface area contributed by atoms with E-state index in [2.05, 4.69) is 20.7 Å². The van der Waals surface area contributed by atoms with Gasteiger partial charge in [0.1, 0.15) is 0 Å². The second kappa shape index (κ2) is 7.49. The standard InChI is InChI=1S/C16H16BrClN2O4S/c17-15-6-5-14(24-15)16(21)20-9-7-12(8-10-20)19-25(22,23)13-3-1-11(18)2-4-13/h1-6,12,19H,7-10H2. The highest BCUT2D eigenvalue weighted by atomic mass is 79.9. The predicted molar refractivity (Wildman–Crippen MR) is 97.1 cm³/mol. The molecule has 0 bridgehead atoms. The predicted octanol–water partition coefficient (Wildman–Crippen LogP) is 3.28. The molecule has 9 heteroatoms. The third-order valence-electron chi connectivity index (χ3n) is 4.01. The minimum absolute atomic E-state index is 0.177. The summed E-state index contributed by atoms with van der Waals surface area (Å²) in [4.78, 5) is 14.2. The van der Waals surface area contributed by atoms with Crippen LogP contribution in [-0.2, 0) is 10.0 Å². The molecule has 134 valence electrons. The number of amides is 1. The van der Waals surface area contributed by atoms with Gasteiger partial charge in [-0.1, -0.05) is 11.6 Å². The Morgan fingerprint density at radius 1 is 1.16 bits per heavy atom. The number of halogens is 2. The minimum Gasteiger partial charge on any atom is -0.444 e. The molecule has 1 aliphatic rings. The van der Waals surface area contributed by atoms with E-state index in [0.29, 0.717) is 35.6 Å². The van der Waals surface area contributed by atoms with E-state index in [4.69, 9.17) is 16.0 Å². The SMILES string of the molecule is O=C(c1ccc(Br)o1)N1CCC(NS(=O)(=O)c2ccc(Cl)cc2)CC1. The van der Waals surface area contributed by atoms with Crippen molar-refractivity contribution in [2.75, 3.05) is 13.1 Å². The average molecular weight is 448 g/mol. The van der Waals surface area contributed by atoms with Crippen LogP contribution in [0.3, 0.4) is 0 Å². The van der Waals surface area contributed by atoms with Crippen molar-refractivity contribution in [1.29, 1.82) is 0 Å². The molecule has 1 saturated heterocycles. The number of nitrogens with one attached hydrogen (secondary N) is 1. The van der Waals surface area contributed by atoms with Gasteiger partial charge >= 0.3 is 0 Å². The van der Waals surface area contributed by atoms with Crippen molar-refractivity contribution in [2.45, 2.75) is 23.8 Å². The number of likely N-dealkylation sites (tertiary alicyclic amines) is 1. The molecule has 25 heavy (non-hydrogen) atoms. The van der Waals surface area contributed by atoms with E-state index in [9.17, 15) is 13.2 Å². The molecule has 1 fully saturated rings. The van der Waals surface area contributed by atoms with E-state index >= 15 is 0 Å². The lowest BCUT2D eigenvalue weighted by Gasteiger charge is -2.31. The summed E-state index contributed by atoms with van der Waals surface area (Å²) < 4.78 is 33.3. The topological polar surface area (TPSA) is 79.6 Å². The minimum atomic E-state index is -3.60. The van der Waals surface area contributed by atoms with Gasteiger partial charge in [-0.25, -0.2) is 13.1 Å². The third-order valence-corrected chi connectivity index (χ3v) is 6.23. The molecular formula is C16H16BrClN2O4S. The van der Waals surface area contributed by atoms with E-state index in [0.717, 1.165) is 0 Å². The van der Waals surface area contributed by atoms with Crippen LogP contribution < -0.4 is 4.72 Å².